The number of anilines is 1. The van der Waals surface area contributed by atoms with E-state index in [1.54, 1.807) is 0 Å². The summed E-state index contributed by atoms with van der Waals surface area (Å²) in [5, 5.41) is 0. The van der Waals surface area contributed by atoms with Crippen molar-refractivity contribution in [2.45, 2.75) is 26.7 Å². The van der Waals surface area contributed by atoms with Gasteiger partial charge in [0.1, 0.15) is 5.75 Å². The molecule has 0 saturated heterocycles. The molecule has 4 heteroatoms. The number of carbonyl (C=O) groups is 1. The molecule has 0 fully saturated rings. The summed E-state index contributed by atoms with van der Waals surface area (Å²) in [6.45, 7) is 5.51. The van der Waals surface area contributed by atoms with Crippen LogP contribution in [0.15, 0.2) is 18.2 Å². The third-order valence-corrected chi connectivity index (χ3v) is 3.00. The molecule has 19 heavy (non-hydrogen) atoms. The Hall–Kier alpha value is -1.71. The number of rotatable bonds is 7. The average molecular weight is 265 g/mol. The molecule has 106 valence electrons. The van der Waals surface area contributed by atoms with E-state index in [1.807, 2.05) is 33.0 Å². The Morgan fingerprint density at radius 2 is 2.11 bits per heavy atom. The van der Waals surface area contributed by atoms with Gasteiger partial charge in [-0.2, -0.15) is 0 Å². The van der Waals surface area contributed by atoms with Crippen molar-refractivity contribution in [3.8, 4) is 5.75 Å². The van der Waals surface area contributed by atoms with E-state index < -0.39 is 0 Å². The number of carbonyl (C=O) groups excluding carboxylic acids is 1. The zero-order valence-corrected chi connectivity index (χ0v) is 12.2. The SMILES string of the molecule is CCOc1ccc(N(C)CCCC(=O)OC)cc1C. The van der Waals surface area contributed by atoms with Gasteiger partial charge in [0, 0.05) is 25.7 Å². The van der Waals surface area contributed by atoms with Crippen LogP contribution in [0.25, 0.3) is 0 Å². The topological polar surface area (TPSA) is 38.8 Å². The van der Waals surface area contributed by atoms with E-state index in [2.05, 4.69) is 15.7 Å². The van der Waals surface area contributed by atoms with Crippen LogP contribution in [0.2, 0.25) is 0 Å². The lowest BCUT2D eigenvalue weighted by atomic mass is 10.2. The second kappa shape index (κ2) is 7.67. The van der Waals surface area contributed by atoms with Gasteiger partial charge < -0.3 is 14.4 Å². The van der Waals surface area contributed by atoms with Crippen LogP contribution in [-0.2, 0) is 9.53 Å². The normalized spacial score (nSPS) is 10.1. The molecule has 0 heterocycles. The van der Waals surface area contributed by atoms with Crippen molar-refractivity contribution in [3.63, 3.8) is 0 Å². The van der Waals surface area contributed by atoms with Crippen molar-refractivity contribution >= 4 is 11.7 Å². The van der Waals surface area contributed by atoms with Gasteiger partial charge in [-0.05, 0) is 44.0 Å². The van der Waals surface area contributed by atoms with Crippen LogP contribution < -0.4 is 9.64 Å². The second-order valence-corrected chi connectivity index (χ2v) is 4.48. The lowest BCUT2D eigenvalue weighted by Crippen LogP contribution is -2.19. The van der Waals surface area contributed by atoms with Gasteiger partial charge in [-0.15, -0.1) is 0 Å². The molecule has 1 aromatic carbocycles. The molecule has 0 N–H and O–H groups in total. The van der Waals surface area contributed by atoms with Gasteiger partial charge in [0.2, 0.25) is 0 Å². The van der Waals surface area contributed by atoms with Gasteiger partial charge in [0.15, 0.2) is 0 Å². The Balaban J connectivity index is 2.55. The van der Waals surface area contributed by atoms with Gasteiger partial charge in [-0.3, -0.25) is 4.79 Å². The van der Waals surface area contributed by atoms with E-state index in [0.717, 1.165) is 30.0 Å². The highest BCUT2D eigenvalue weighted by Gasteiger charge is 2.06. The summed E-state index contributed by atoms with van der Waals surface area (Å²) in [4.78, 5) is 13.2. The molecular weight excluding hydrogens is 242 g/mol. The molecule has 0 bridgehead atoms. The summed E-state index contributed by atoms with van der Waals surface area (Å²) in [5.74, 6) is 0.769. The highest BCUT2D eigenvalue weighted by atomic mass is 16.5. The first-order valence-electron chi connectivity index (χ1n) is 6.60. The number of benzene rings is 1. The summed E-state index contributed by atoms with van der Waals surface area (Å²) in [6.07, 6.45) is 1.24. The zero-order valence-electron chi connectivity index (χ0n) is 12.2. The van der Waals surface area contributed by atoms with Gasteiger partial charge >= 0.3 is 5.97 Å². The van der Waals surface area contributed by atoms with E-state index in [4.69, 9.17) is 4.74 Å². The maximum absolute atomic E-state index is 11.0. The van der Waals surface area contributed by atoms with E-state index in [-0.39, 0.29) is 5.97 Å². The minimum absolute atomic E-state index is 0.156. The fourth-order valence-corrected chi connectivity index (χ4v) is 1.88. The van der Waals surface area contributed by atoms with Crippen LogP contribution in [0.1, 0.15) is 25.3 Å². The molecule has 0 aliphatic carbocycles. The zero-order chi connectivity index (χ0) is 14.3. The van der Waals surface area contributed by atoms with Crippen molar-refractivity contribution in [1.82, 2.24) is 0 Å². The summed E-state index contributed by atoms with van der Waals surface area (Å²) >= 11 is 0. The first kappa shape index (κ1) is 15.3. The lowest BCUT2D eigenvalue weighted by molar-refractivity contribution is -0.140. The highest BCUT2D eigenvalue weighted by Crippen LogP contribution is 2.24. The minimum Gasteiger partial charge on any atom is -0.494 e. The van der Waals surface area contributed by atoms with Crippen LogP contribution in [0.4, 0.5) is 5.69 Å². The number of aryl methyl sites for hydroxylation is 1. The van der Waals surface area contributed by atoms with Gasteiger partial charge in [-0.25, -0.2) is 0 Å². The quantitative estimate of drug-likeness (QED) is 0.711. The third-order valence-electron chi connectivity index (χ3n) is 3.00. The Morgan fingerprint density at radius 3 is 2.68 bits per heavy atom. The highest BCUT2D eigenvalue weighted by molar-refractivity contribution is 5.69. The molecule has 0 atom stereocenters. The third kappa shape index (κ3) is 4.81. The number of hydrogen-bond acceptors (Lipinski definition) is 4. The maximum Gasteiger partial charge on any atom is 0.305 e. The largest absolute Gasteiger partial charge is 0.494 e. The lowest BCUT2D eigenvalue weighted by Gasteiger charge is -2.20. The predicted octanol–water partition coefficient (Wildman–Crippen LogP) is 2.78. The molecular formula is C15H23NO3. The molecule has 4 nitrogen and oxygen atoms in total. The van der Waals surface area contributed by atoms with E-state index >= 15 is 0 Å². The molecule has 0 spiro atoms. The molecule has 0 amide bonds. The van der Waals surface area contributed by atoms with E-state index in [0.29, 0.717) is 13.0 Å². The molecule has 0 unspecified atom stereocenters. The molecule has 0 radical (unpaired) electrons. The Kier molecular flexibility index (Phi) is 6.19. The fourth-order valence-electron chi connectivity index (χ4n) is 1.88. The standard InChI is InChI=1S/C15H23NO3/c1-5-19-14-9-8-13(11-12(14)2)16(3)10-6-7-15(17)18-4/h8-9,11H,5-7,10H2,1-4H3. The first-order chi connectivity index (χ1) is 9.08. The van der Waals surface area contributed by atoms with Gasteiger partial charge in [0.05, 0.1) is 13.7 Å². The summed E-state index contributed by atoms with van der Waals surface area (Å²) in [7, 11) is 3.44. The number of esters is 1. The Bertz CT molecular complexity index is 418. The predicted molar refractivity (Wildman–Crippen MR) is 76.9 cm³/mol. The van der Waals surface area contributed by atoms with E-state index in [9.17, 15) is 4.79 Å². The average Bonchev–Trinajstić information content (AvgIpc) is 2.40. The van der Waals surface area contributed by atoms with E-state index in [1.165, 1.54) is 7.11 Å². The van der Waals surface area contributed by atoms with Crippen molar-refractivity contribution in [1.29, 1.82) is 0 Å². The molecule has 0 aliphatic rings. The van der Waals surface area contributed by atoms with Crippen LogP contribution in [0, 0.1) is 6.92 Å². The summed E-state index contributed by atoms with van der Waals surface area (Å²) in [5.41, 5.74) is 2.25. The number of hydrogen-bond donors (Lipinski definition) is 0. The second-order valence-electron chi connectivity index (χ2n) is 4.48. The summed E-state index contributed by atoms with van der Waals surface area (Å²) < 4.78 is 10.1. The Labute approximate surface area is 115 Å². The molecule has 1 aromatic rings. The minimum atomic E-state index is -0.156. The number of ether oxygens (including phenoxy) is 2. The molecule has 0 aromatic heterocycles. The monoisotopic (exact) mass is 265 g/mol. The number of nitrogens with zero attached hydrogens (tertiary/aromatic N) is 1. The smallest absolute Gasteiger partial charge is 0.305 e. The van der Waals surface area contributed by atoms with Crippen LogP contribution >= 0.6 is 0 Å². The van der Waals surface area contributed by atoms with Gasteiger partial charge in [0.25, 0.3) is 0 Å². The molecule has 0 aliphatic heterocycles. The first-order valence-corrected chi connectivity index (χ1v) is 6.60. The van der Waals surface area contributed by atoms with Crippen molar-refractivity contribution in [2.24, 2.45) is 0 Å². The molecule has 0 saturated carbocycles. The van der Waals surface area contributed by atoms with Crippen molar-refractivity contribution in [2.75, 3.05) is 32.2 Å². The van der Waals surface area contributed by atoms with Crippen LogP contribution in [0.3, 0.4) is 0 Å². The van der Waals surface area contributed by atoms with Crippen LogP contribution in [0.5, 0.6) is 5.75 Å². The fraction of sp³-hybridized carbons (Fsp3) is 0.533. The van der Waals surface area contributed by atoms with Crippen LogP contribution in [-0.4, -0.2) is 33.3 Å². The van der Waals surface area contributed by atoms with Crippen molar-refractivity contribution < 1.29 is 14.3 Å². The maximum atomic E-state index is 11.0. The van der Waals surface area contributed by atoms with Crippen molar-refractivity contribution in [3.05, 3.63) is 23.8 Å². The van der Waals surface area contributed by atoms with Gasteiger partial charge in [-0.1, -0.05) is 0 Å². The summed E-state index contributed by atoms with van der Waals surface area (Å²) in [6, 6.07) is 6.13. The number of methoxy groups -OCH3 is 1. The molecule has 1 rings (SSSR count). The Morgan fingerprint density at radius 1 is 1.37 bits per heavy atom.